The Morgan fingerprint density at radius 2 is 1.68 bits per heavy atom. The van der Waals surface area contributed by atoms with Crippen LogP contribution in [0.25, 0.3) is 0 Å². The van der Waals surface area contributed by atoms with Crippen LogP contribution >= 0.6 is 0 Å². The molecular formula is C21H28N2O5. The van der Waals surface area contributed by atoms with Gasteiger partial charge in [-0.05, 0) is 37.0 Å². The van der Waals surface area contributed by atoms with E-state index in [0.29, 0.717) is 49.8 Å². The van der Waals surface area contributed by atoms with Gasteiger partial charge >= 0.3 is 5.97 Å². The van der Waals surface area contributed by atoms with Crippen molar-refractivity contribution in [2.75, 3.05) is 32.8 Å². The lowest BCUT2D eigenvalue weighted by atomic mass is 9.86. The number of rotatable bonds is 6. The van der Waals surface area contributed by atoms with Crippen molar-refractivity contribution in [3.63, 3.8) is 0 Å². The average Bonchev–Trinajstić information content (AvgIpc) is 2.73. The van der Waals surface area contributed by atoms with Crippen molar-refractivity contribution in [1.29, 1.82) is 0 Å². The van der Waals surface area contributed by atoms with Crippen molar-refractivity contribution >= 4 is 17.8 Å². The molecule has 0 radical (unpaired) electrons. The Morgan fingerprint density at radius 3 is 2.36 bits per heavy atom. The molecule has 2 amide bonds. The van der Waals surface area contributed by atoms with Crippen LogP contribution in [-0.2, 0) is 9.59 Å². The fourth-order valence-electron chi connectivity index (χ4n) is 3.97. The molecule has 2 fully saturated rings. The van der Waals surface area contributed by atoms with Crippen molar-refractivity contribution in [3.05, 3.63) is 29.8 Å². The summed E-state index contributed by atoms with van der Waals surface area (Å²) < 4.78 is 5.14. The molecule has 1 N–H and O–H groups in total. The Morgan fingerprint density at radius 1 is 1.00 bits per heavy atom. The summed E-state index contributed by atoms with van der Waals surface area (Å²) in [5, 5.41) is 8.70. The number of carbonyl (C=O) groups is 3. The first-order valence-corrected chi connectivity index (χ1v) is 10.0. The molecular weight excluding hydrogens is 360 g/mol. The number of piperazine rings is 1. The molecule has 7 heteroatoms. The van der Waals surface area contributed by atoms with Crippen molar-refractivity contribution < 1.29 is 24.2 Å². The van der Waals surface area contributed by atoms with Gasteiger partial charge in [-0.3, -0.25) is 9.59 Å². The van der Waals surface area contributed by atoms with Gasteiger partial charge in [-0.15, -0.1) is 0 Å². The molecule has 0 unspecified atom stereocenters. The Bertz CT molecular complexity index is 707. The molecule has 1 saturated carbocycles. The van der Waals surface area contributed by atoms with E-state index >= 15 is 0 Å². The highest BCUT2D eigenvalue weighted by Crippen LogP contribution is 2.27. The van der Waals surface area contributed by atoms with Gasteiger partial charge in [-0.2, -0.15) is 0 Å². The van der Waals surface area contributed by atoms with Gasteiger partial charge in [0.25, 0.3) is 5.91 Å². The van der Waals surface area contributed by atoms with Crippen LogP contribution in [-0.4, -0.2) is 65.5 Å². The summed E-state index contributed by atoms with van der Waals surface area (Å²) in [4.78, 5) is 39.5. The predicted molar refractivity (Wildman–Crippen MR) is 103 cm³/mol. The number of nitrogens with zero attached hydrogens (tertiary/aromatic N) is 2. The second-order valence-corrected chi connectivity index (χ2v) is 7.59. The Balaban J connectivity index is 1.50. The van der Waals surface area contributed by atoms with Gasteiger partial charge in [0, 0.05) is 38.2 Å². The van der Waals surface area contributed by atoms with Crippen molar-refractivity contribution in [3.8, 4) is 5.75 Å². The standard InChI is InChI=1S/C21H28N2O5/c24-19(13-16-5-2-1-3-6-16)22-9-11-23(12-10-22)21(27)17-7-4-8-18(14-17)28-15-20(25)26/h4,7-8,14,16H,1-3,5-6,9-13,15H2,(H,25,26). The van der Waals surface area contributed by atoms with Crippen LogP contribution in [0.4, 0.5) is 0 Å². The number of carbonyl (C=O) groups excluding carboxylic acids is 2. The maximum Gasteiger partial charge on any atom is 0.341 e. The van der Waals surface area contributed by atoms with E-state index in [-0.39, 0.29) is 11.8 Å². The first-order valence-electron chi connectivity index (χ1n) is 10.0. The highest BCUT2D eigenvalue weighted by molar-refractivity contribution is 5.94. The quantitative estimate of drug-likeness (QED) is 0.809. The van der Waals surface area contributed by atoms with E-state index in [2.05, 4.69) is 0 Å². The largest absolute Gasteiger partial charge is 0.482 e. The first-order chi connectivity index (χ1) is 13.5. The second kappa shape index (κ2) is 9.57. The SMILES string of the molecule is O=C(O)COc1cccc(C(=O)N2CCN(C(=O)CC3CCCCC3)CC2)c1. The number of carboxylic acids is 1. The third kappa shape index (κ3) is 5.47. The lowest BCUT2D eigenvalue weighted by Gasteiger charge is -2.35. The van der Waals surface area contributed by atoms with Crippen molar-refractivity contribution in [2.45, 2.75) is 38.5 Å². The van der Waals surface area contributed by atoms with E-state index in [4.69, 9.17) is 9.84 Å². The molecule has 0 spiro atoms. The lowest BCUT2D eigenvalue weighted by Crippen LogP contribution is -2.50. The van der Waals surface area contributed by atoms with E-state index in [9.17, 15) is 14.4 Å². The van der Waals surface area contributed by atoms with E-state index in [1.54, 1.807) is 29.2 Å². The minimum Gasteiger partial charge on any atom is -0.482 e. The zero-order valence-corrected chi connectivity index (χ0v) is 16.1. The van der Waals surface area contributed by atoms with Crippen LogP contribution in [0.3, 0.4) is 0 Å². The van der Waals surface area contributed by atoms with Crippen molar-refractivity contribution in [1.82, 2.24) is 9.80 Å². The van der Waals surface area contributed by atoms with Crippen LogP contribution in [0.5, 0.6) is 5.75 Å². The monoisotopic (exact) mass is 388 g/mol. The molecule has 3 rings (SSSR count). The molecule has 2 aliphatic rings. The summed E-state index contributed by atoms with van der Waals surface area (Å²) in [5.41, 5.74) is 0.463. The summed E-state index contributed by atoms with van der Waals surface area (Å²) in [6.07, 6.45) is 6.70. The van der Waals surface area contributed by atoms with E-state index < -0.39 is 12.6 Å². The molecule has 28 heavy (non-hydrogen) atoms. The number of benzene rings is 1. The van der Waals surface area contributed by atoms with Crippen LogP contribution in [0, 0.1) is 5.92 Å². The van der Waals surface area contributed by atoms with Crippen LogP contribution in [0.15, 0.2) is 24.3 Å². The third-order valence-corrected chi connectivity index (χ3v) is 5.55. The molecule has 0 bridgehead atoms. The molecule has 1 aliphatic carbocycles. The number of amides is 2. The maximum absolute atomic E-state index is 12.7. The molecule has 7 nitrogen and oxygen atoms in total. The fourth-order valence-corrected chi connectivity index (χ4v) is 3.97. The molecule has 0 aromatic heterocycles. The van der Waals surface area contributed by atoms with Gasteiger partial charge in [0.15, 0.2) is 6.61 Å². The van der Waals surface area contributed by atoms with E-state index in [1.807, 2.05) is 4.90 Å². The Hall–Kier alpha value is -2.57. The minimum absolute atomic E-state index is 0.125. The summed E-state index contributed by atoms with van der Waals surface area (Å²) in [6.45, 7) is 1.70. The number of hydrogen-bond donors (Lipinski definition) is 1. The smallest absolute Gasteiger partial charge is 0.341 e. The zero-order valence-electron chi connectivity index (χ0n) is 16.1. The molecule has 1 aromatic carbocycles. The Kier molecular flexibility index (Phi) is 6.90. The van der Waals surface area contributed by atoms with Crippen LogP contribution < -0.4 is 4.74 Å². The highest BCUT2D eigenvalue weighted by Gasteiger charge is 2.27. The number of hydrogen-bond acceptors (Lipinski definition) is 4. The van der Waals surface area contributed by atoms with Crippen molar-refractivity contribution in [2.24, 2.45) is 5.92 Å². The first kappa shape index (κ1) is 20.2. The van der Waals surface area contributed by atoms with Gasteiger partial charge in [-0.25, -0.2) is 4.79 Å². The molecule has 1 aromatic rings. The minimum atomic E-state index is -1.06. The van der Waals surface area contributed by atoms with Gasteiger partial charge in [0.05, 0.1) is 0 Å². The third-order valence-electron chi connectivity index (χ3n) is 5.55. The summed E-state index contributed by atoms with van der Waals surface area (Å²) in [6, 6.07) is 6.55. The topological polar surface area (TPSA) is 87.2 Å². The summed E-state index contributed by atoms with van der Waals surface area (Å²) in [7, 11) is 0. The number of ether oxygens (including phenoxy) is 1. The molecule has 1 heterocycles. The summed E-state index contributed by atoms with van der Waals surface area (Å²) >= 11 is 0. The van der Waals surface area contributed by atoms with Gasteiger partial charge < -0.3 is 19.6 Å². The lowest BCUT2D eigenvalue weighted by molar-refractivity contribution is -0.139. The maximum atomic E-state index is 12.7. The van der Waals surface area contributed by atoms with E-state index in [0.717, 1.165) is 12.8 Å². The number of aliphatic carboxylic acids is 1. The highest BCUT2D eigenvalue weighted by atomic mass is 16.5. The Labute approximate surface area is 165 Å². The van der Waals surface area contributed by atoms with Crippen LogP contribution in [0.1, 0.15) is 48.9 Å². The van der Waals surface area contributed by atoms with E-state index in [1.165, 1.54) is 19.3 Å². The molecule has 0 atom stereocenters. The van der Waals surface area contributed by atoms with Gasteiger partial charge in [0.2, 0.25) is 5.91 Å². The zero-order chi connectivity index (χ0) is 19.9. The number of carboxylic acid groups (broad SMARTS) is 1. The molecule has 1 aliphatic heterocycles. The summed E-state index contributed by atoms with van der Waals surface area (Å²) in [5.74, 6) is -0.0991. The fraction of sp³-hybridized carbons (Fsp3) is 0.571. The van der Waals surface area contributed by atoms with Gasteiger partial charge in [0.1, 0.15) is 5.75 Å². The molecule has 1 saturated heterocycles. The second-order valence-electron chi connectivity index (χ2n) is 7.59. The molecule has 152 valence electrons. The normalized spacial score (nSPS) is 18.0. The average molecular weight is 388 g/mol. The predicted octanol–water partition coefficient (Wildman–Crippen LogP) is 2.40. The van der Waals surface area contributed by atoms with Crippen LogP contribution in [0.2, 0.25) is 0 Å². The van der Waals surface area contributed by atoms with Gasteiger partial charge in [-0.1, -0.05) is 25.3 Å².